The lowest BCUT2D eigenvalue weighted by Gasteiger charge is -2.06. The number of rotatable bonds is 5. The van der Waals surface area contributed by atoms with Crippen LogP contribution >= 0.6 is 0 Å². The van der Waals surface area contributed by atoms with Crippen molar-refractivity contribution in [1.82, 2.24) is 5.32 Å². The highest BCUT2D eigenvalue weighted by Crippen LogP contribution is 2.04. The molecule has 0 aliphatic carbocycles. The van der Waals surface area contributed by atoms with Crippen LogP contribution < -0.4 is 10.6 Å². The van der Waals surface area contributed by atoms with Crippen molar-refractivity contribution in [2.75, 3.05) is 11.9 Å². The van der Waals surface area contributed by atoms with Crippen molar-refractivity contribution in [3.63, 3.8) is 0 Å². The SMILES string of the molecule is CCCOC(=O)C(C)=CNC(=O)Nc1ccccc1. The average Bonchev–Trinajstić information content (AvgIpc) is 2.43. The highest BCUT2D eigenvalue weighted by Gasteiger charge is 2.05. The molecule has 0 saturated heterocycles. The molecule has 0 radical (unpaired) electrons. The smallest absolute Gasteiger partial charge is 0.335 e. The van der Waals surface area contributed by atoms with Gasteiger partial charge in [-0.05, 0) is 25.5 Å². The number of hydrogen-bond acceptors (Lipinski definition) is 3. The van der Waals surface area contributed by atoms with E-state index in [4.69, 9.17) is 4.74 Å². The molecule has 0 atom stereocenters. The molecule has 19 heavy (non-hydrogen) atoms. The summed E-state index contributed by atoms with van der Waals surface area (Å²) in [5.41, 5.74) is 1.02. The zero-order valence-electron chi connectivity index (χ0n) is 11.1. The van der Waals surface area contributed by atoms with Crippen LogP contribution in [0.15, 0.2) is 42.1 Å². The second-order valence-electron chi connectivity index (χ2n) is 3.93. The van der Waals surface area contributed by atoms with Gasteiger partial charge in [-0.3, -0.25) is 0 Å². The van der Waals surface area contributed by atoms with Crippen molar-refractivity contribution >= 4 is 17.7 Å². The molecule has 5 nitrogen and oxygen atoms in total. The zero-order chi connectivity index (χ0) is 14.1. The first-order valence-electron chi connectivity index (χ1n) is 6.10. The van der Waals surface area contributed by atoms with Gasteiger partial charge in [-0.15, -0.1) is 0 Å². The fourth-order valence-corrected chi connectivity index (χ4v) is 1.23. The van der Waals surface area contributed by atoms with Crippen LogP contribution in [0.25, 0.3) is 0 Å². The number of urea groups is 1. The van der Waals surface area contributed by atoms with Gasteiger partial charge in [-0.2, -0.15) is 0 Å². The van der Waals surface area contributed by atoms with Crippen LogP contribution in [0.3, 0.4) is 0 Å². The van der Waals surface area contributed by atoms with Crippen molar-refractivity contribution in [2.45, 2.75) is 20.3 Å². The minimum atomic E-state index is -0.429. The molecule has 2 N–H and O–H groups in total. The first-order valence-corrected chi connectivity index (χ1v) is 6.10. The summed E-state index contributed by atoms with van der Waals surface area (Å²) in [7, 11) is 0. The number of nitrogens with one attached hydrogen (secondary N) is 2. The Kier molecular flexibility index (Phi) is 6.15. The van der Waals surface area contributed by atoms with Gasteiger partial charge < -0.3 is 15.4 Å². The van der Waals surface area contributed by atoms with Crippen molar-refractivity contribution in [3.8, 4) is 0 Å². The molecule has 0 saturated carbocycles. The van der Waals surface area contributed by atoms with E-state index in [1.165, 1.54) is 6.20 Å². The summed E-state index contributed by atoms with van der Waals surface area (Å²) in [6.07, 6.45) is 2.09. The van der Waals surface area contributed by atoms with E-state index in [0.717, 1.165) is 6.42 Å². The lowest BCUT2D eigenvalue weighted by Crippen LogP contribution is -2.25. The Hall–Kier alpha value is -2.30. The van der Waals surface area contributed by atoms with E-state index < -0.39 is 12.0 Å². The predicted octanol–water partition coefficient (Wildman–Crippen LogP) is 2.67. The number of esters is 1. The molecule has 1 aromatic carbocycles. The molecule has 0 spiro atoms. The number of carbonyl (C=O) groups is 2. The highest BCUT2D eigenvalue weighted by atomic mass is 16.5. The first-order chi connectivity index (χ1) is 9.13. The zero-order valence-corrected chi connectivity index (χ0v) is 11.1. The summed E-state index contributed by atoms with van der Waals surface area (Å²) in [4.78, 5) is 22.9. The number of para-hydroxylation sites is 1. The molecule has 0 bridgehead atoms. The topological polar surface area (TPSA) is 67.4 Å². The van der Waals surface area contributed by atoms with E-state index in [0.29, 0.717) is 17.9 Å². The van der Waals surface area contributed by atoms with Gasteiger partial charge in [0.15, 0.2) is 0 Å². The molecule has 5 heteroatoms. The van der Waals surface area contributed by atoms with E-state index in [-0.39, 0.29) is 0 Å². The molecule has 1 aromatic rings. The molecule has 2 amide bonds. The lowest BCUT2D eigenvalue weighted by atomic mass is 10.3. The van der Waals surface area contributed by atoms with Gasteiger partial charge in [0.25, 0.3) is 0 Å². The molecule has 1 rings (SSSR count). The third kappa shape index (κ3) is 5.72. The fourth-order valence-electron chi connectivity index (χ4n) is 1.23. The minimum absolute atomic E-state index is 0.344. The summed E-state index contributed by atoms with van der Waals surface area (Å²) in [5, 5.41) is 5.11. The maximum Gasteiger partial charge on any atom is 0.335 e. The number of benzene rings is 1. The summed E-state index contributed by atoms with van der Waals surface area (Å²) in [6, 6.07) is 8.63. The third-order valence-electron chi connectivity index (χ3n) is 2.21. The third-order valence-corrected chi connectivity index (χ3v) is 2.21. The Bertz CT molecular complexity index is 455. The maximum absolute atomic E-state index is 11.5. The maximum atomic E-state index is 11.5. The van der Waals surface area contributed by atoms with Crippen molar-refractivity contribution in [1.29, 1.82) is 0 Å². The number of anilines is 1. The number of hydrogen-bond donors (Lipinski definition) is 2. The molecule has 102 valence electrons. The molecular weight excluding hydrogens is 244 g/mol. The number of ether oxygens (including phenoxy) is 1. The van der Waals surface area contributed by atoms with E-state index in [1.54, 1.807) is 19.1 Å². The van der Waals surface area contributed by atoms with Crippen LogP contribution in [0.1, 0.15) is 20.3 Å². The first kappa shape index (κ1) is 14.8. The van der Waals surface area contributed by atoms with Gasteiger partial charge in [0.1, 0.15) is 0 Å². The van der Waals surface area contributed by atoms with Crippen LogP contribution in [0, 0.1) is 0 Å². The van der Waals surface area contributed by atoms with Gasteiger partial charge in [0.2, 0.25) is 0 Å². The summed E-state index contributed by atoms with van der Waals surface area (Å²) < 4.78 is 4.92. The monoisotopic (exact) mass is 262 g/mol. The molecule has 0 heterocycles. The molecular formula is C14H18N2O3. The van der Waals surface area contributed by atoms with Gasteiger partial charge in [-0.1, -0.05) is 25.1 Å². The second kappa shape index (κ2) is 7.92. The van der Waals surface area contributed by atoms with Crippen LogP contribution in [0.2, 0.25) is 0 Å². The van der Waals surface area contributed by atoms with E-state index >= 15 is 0 Å². The van der Waals surface area contributed by atoms with E-state index in [9.17, 15) is 9.59 Å². The Balaban J connectivity index is 2.42. The summed E-state index contributed by atoms with van der Waals surface area (Å²) in [6.45, 7) is 3.87. The quantitative estimate of drug-likeness (QED) is 0.633. The van der Waals surface area contributed by atoms with Crippen molar-refractivity contribution in [2.24, 2.45) is 0 Å². The number of carbonyl (C=O) groups excluding carboxylic acids is 2. The molecule has 0 unspecified atom stereocenters. The fraction of sp³-hybridized carbons (Fsp3) is 0.286. The van der Waals surface area contributed by atoms with Crippen LogP contribution in [0.4, 0.5) is 10.5 Å². The van der Waals surface area contributed by atoms with Gasteiger partial charge in [-0.25, -0.2) is 9.59 Å². The molecule has 0 aliphatic rings. The van der Waals surface area contributed by atoms with Crippen LogP contribution in [-0.4, -0.2) is 18.6 Å². The average molecular weight is 262 g/mol. The van der Waals surface area contributed by atoms with Crippen molar-refractivity contribution in [3.05, 3.63) is 42.1 Å². The minimum Gasteiger partial charge on any atom is -0.462 e. The van der Waals surface area contributed by atoms with Gasteiger partial charge in [0, 0.05) is 11.9 Å². The molecule has 0 fully saturated rings. The Morgan fingerprint density at radius 2 is 1.95 bits per heavy atom. The highest BCUT2D eigenvalue weighted by molar-refractivity contribution is 5.92. The lowest BCUT2D eigenvalue weighted by molar-refractivity contribution is -0.139. The van der Waals surface area contributed by atoms with Crippen LogP contribution in [0.5, 0.6) is 0 Å². The van der Waals surface area contributed by atoms with Crippen molar-refractivity contribution < 1.29 is 14.3 Å². The standard InChI is InChI=1S/C14H18N2O3/c1-3-9-19-13(17)11(2)10-15-14(18)16-12-7-5-4-6-8-12/h4-8,10H,3,9H2,1-2H3,(H2,15,16,18). The largest absolute Gasteiger partial charge is 0.462 e. The summed E-state index contributed by atoms with van der Waals surface area (Å²) >= 11 is 0. The Labute approximate surface area is 112 Å². The normalized spacial score (nSPS) is 10.7. The van der Waals surface area contributed by atoms with E-state index in [2.05, 4.69) is 10.6 Å². The van der Waals surface area contributed by atoms with Gasteiger partial charge in [0.05, 0.1) is 12.2 Å². The Morgan fingerprint density at radius 3 is 2.58 bits per heavy atom. The van der Waals surface area contributed by atoms with E-state index in [1.807, 2.05) is 25.1 Å². The second-order valence-corrected chi connectivity index (χ2v) is 3.93. The van der Waals surface area contributed by atoms with Crippen LogP contribution in [-0.2, 0) is 9.53 Å². The predicted molar refractivity (Wildman–Crippen MR) is 73.6 cm³/mol. The number of amides is 2. The van der Waals surface area contributed by atoms with Gasteiger partial charge >= 0.3 is 12.0 Å². The molecule has 0 aromatic heterocycles. The molecule has 0 aliphatic heterocycles. The summed E-state index contributed by atoms with van der Waals surface area (Å²) in [5.74, 6) is -0.429. The Morgan fingerprint density at radius 1 is 1.26 bits per heavy atom.